The molecule has 0 fully saturated rings. The van der Waals surface area contributed by atoms with Crippen molar-refractivity contribution in [2.24, 2.45) is 0 Å². The number of amides is 1. The molecular formula is C19H23N3O6S. The summed E-state index contributed by atoms with van der Waals surface area (Å²) in [5.41, 5.74) is 0.619. The molecule has 0 radical (unpaired) electrons. The Kier molecular flexibility index (Phi) is 7.16. The van der Waals surface area contributed by atoms with Gasteiger partial charge in [-0.3, -0.25) is 19.2 Å². The molecular weight excluding hydrogens is 398 g/mol. The first kappa shape index (κ1) is 22.2. The summed E-state index contributed by atoms with van der Waals surface area (Å²) in [6.45, 7) is 1.87. The van der Waals surface area contributed by atoms with E-state index in [-0.39, 0.29) is 24.3 Å². The number of non-ortho nitro benzene ring substituents is 1. The van der Waals surface area contributed by atoms with E-state index in [1.807, 2.05) is 0 Å². The molecule has 0 saturated carbocycles. The highest BCUT2D eigenvalue weighted by atomic mass is 32.2. The zero-order chi connectivity index (χ0) is 21.6. The van der Waals surface area contributed by atoms with Gasteiger partial charge in [-0.05, 0) is 30.2 Å². The summed E-state index contributed by atoms with van der Waals surface area (Å²) in [5, 5.41) is 13.8. The second-order valence-electron chi connectivity index (χ2n) is 6.33. The molecule has 1 unspecified atom stereocenters. The van der Waals surface area contributed by atoms with Crippen LogP contribution in [0.25, 0.3) is 0 Å². The van der Waals surface area contributed by atoms with Gasteiger partial charge >= 0.3 is 0 Å². The molecule has 156 valence electrons. The summed E-state index contributed by atoms with van der Waals surface area (Å²) in [7, 11) is -2.32. The number of hydrogen-bond donors (Lipinski definition) is 1. The minimum atomic E-state index is -3.88. The summed E-state index contributed by atoms with van der Waals surface area (Å²) in [5.74, 6) is 0.181. The van der Waals surface area contributed by atoms with Gasteiger partial charge in [0.25, 0.3) is 5.69 Å². The number of carbonyl (C=O) groups excluding carboxylic acids is 1. The Morgan fingerprint density at radius 2 is 1.90 bits per heavy atom. The van der Waals surface area contributed by atoms with Gasteiger partial charge in [-0.2, -0.15) is 0 Å². The van der Waals surface area contributed by atoms with Crippen molar-refractivity contribution in [1.82, 2.24) is 5.32 Å². The third-order valence-electron chi connectivity index (χ3n) is 4.25. The van der Waals surface area contributed by atoms with E-state index in [0.29, 0.717) is 5.75 Å². The van der Waals surface area contributed by atoms with Gasteiger partial charge in [0, 0.05) is 18.7 Å². The minimum Gasteiger partial charge on any atom is -0.497 e. The molecule has 2 aromatic carbocycles. The van der Waals surface area contributed by atoms with Crippen LogP contribution in [0, 0.1) is 10.1 Å². The second kappa shape index (κ2) is 9.37. The molecule has 29 heavy (non-hydrogen) atoms. The number of benzene rings is 2. The van der Waals surface area contributed by atoms with Gasteiger partial charge < -0.3 is 10.1 Å². The maximum atomic E-state index is 12.8. The summed E-state index contributed by atoms with van der Waals surface area (Å²) >= 11 is 0. The Balaban J connectivity index is 2.26. The number of nitrogens with one attached hydrogen (secondary N) is 1. The van der Waals surface area contributed by atoms with Crippen molar-refractivity contribution in [2.75, 3.05) is 17.7 Å². The highest BCUT2D eigenvalue weighted by Crippen LogP contribution is 2.26. The van der Waals surface area contributed by atoms with Crippen LogP contribution in [-0.4, -0.2) is 38.7 Å². The van der Waals surface area contributed by atoms with Crippen LogP contribution in [-0.2, 0) is 21.4 Å². The zero-order valence-electron chi connectivity index (χ0n) is 16.4. The lowest BCUT2D eigenvalue weighted by Gasteiger charge is -2.30. The fraction of sp³-hybridized carbons (Fsp3) is 0.316. The van der Waals surface area contributed by atoms with Gasteiger partial charge in [0.1, 0.15) is 11.8 Å². The summed E-state index contributed by atoms with van der Waals surface area (Å²) in [4.78, 5) is 23.2. The quantitative estimate of drug-likeness (QED) is 0.491. The molecule has 2 aromatic rings. The van der Waals surface area contributed by atoms with E-state index in [0.717, 1.165) is 22.2 Å². The Morgan fingerprint density at radius 3 is 2.41 bits per heavy atom. The van der Waals surface area contributed by atoms with Crippen LogP contribution in [0.3, 0.4) is 0 Å². The van der Waals surface area contributed by atoms with E-state index in [9.17, 15) is 23.3 Å². The van der Waals surface area contributed by atoms with Gasteiger partial charge in [0.2, 0.25) is 15.9 Å². The number of methoxy groups -OCH3 is 1. The number of nitro benzene ring substituents is 1. The van der Waals surface area contributed by atoms with E-state index < -0.39 is 26.9 Å². The summed E-state index contributed by atoms with van der Waals surface area (Å²) < 4.78 is 30.9. The molecule has 10 heteroatoms. The van der Waals surface area contributed by atoms with Crippen molar-refractivity contribution < 1.29 is 22.9 Å². The highest BCUT2D eigenvalue weighted by molar-refractivity contribution is 7.92. The van der Waals surface area contributed by atoms with Crippen molar-refractivity contribution in [3.8, 4) is 5.75 Å². The van der Waals surface area contributed by atoms with Crippen molar-refractivity contribution in [2.45, 2.75) is 25.9 Å². The number of rotatable bonds is 9. The summed E-state index contributed by atoms with van der Waals surface area (Å²) in [6, 6.07) is 11.2. The highest BCUT2D eigenvalue weighted by Gasteiger charge is 2.32. The maximum Gasteiger partial charge on any atom is 0.271 e. The van der Waals surface area contributed by atoms with Crippen molar-refractivity contribution in [3.05, 3.63) is 64.2 Å². The van der Waals surface area contributed by atoms with Crippen molar-refractivity contribution in [1.29, 1.82) is 0 Å². The summed E-state index contributed by atoms with van der Waals surface area (Å²) in [6.07, 6.45) is 1.15. The van der Waals surface area contributed by atoms with E-state index >= 15 is 0 Å². The van der Waals surface area contributed by atoms with E-state index in [1.54, 1.807) is 38.3 Å². The number of sulfonamides is 1. The molecule has 0 aromatic heterocycles. The predicted octanol–water partition coefficient (Wildman–Crippen LogP) is 2.46. The van der Waals surface area contributed by atoms with Gasteiger partial charge in [-0.25, -0.2) is 8.42 Å². The monoisotopic (exact) mass is 421 g/mol. The van der Waals surface area contributed by atoms with E-state index in [1.165, 1.54) is 18.2 Å². The zero-order valence-corrected chi connectivity index (χ0v) is 17.2. The topological polar surface area (TPSA) is 119 Å². The Morgan fingerprint density at radius 1 is 1.24 bits per heavy atom. The molecule has 1 amide bonds. The van der Waals surface area contributed by atoms with Crippen LogP contribution in [0.1, 0.15) is 18.9 Å². The molecule has 0 aliphatic heterocycles. The normalized spacial score (nSPS) is 12.1. The molecule has 9 nitrogen and oxygen atoms in total. The number of nitro groups is 1. The van der Waals surface area contributed by atoms with Gasteiger partial charge in [0.05, 0.1) is 24.0 Å². The van der Waals surface area contributed by atoms with Crippen LogP contribution in [0.4, 0.5) is 11.4 Å². The lowest BCUT2D eigenvalue weighted by Crippen LogP contribution is -2.49. The average Bonchev–Trinajstić information content (AvgIpc) is 2.69. The molecule has 1 N–H and O–H groups in total. The van der Waals surface area contributed by atoms with Crippen molar-refractivity contribution in [3.63, 3.8) is 0 Å². The SMILES string of the molecule is CCC(C(=O)NCc1ccc(OC)cc1)N(c1cccc([N+](=O)[O-])c1)S(C)(=O)=O. The largest absolute Gasteiger partial charge is 0.497 e. The van der Waals surface area contributed by atoms with Crippen molar-refractivity contribution >= 4 is 27.3 Å². The molecule has 0 aliphatic carbocycles. The molecule has 0 aliphatic rings. The number of carbonyl (C=O) groups is 1. The third kappa shape index (κ3) is 5.67. The standard InChI is InChI=1S/C19H23N3O6S/c1-4-18(19(23)20-13-14-8-10-17(28-2)11-9-14)21(29(3,26)27)15-6-5-7-16(12-15)22(24)25/h5-12,18H,4,13H2,1-3H3,(H,20,23). The Hall–Kier alpha value is -3.14. The fourth-order valence-electron chi connectivity index (χ4n) is 2.85. The average molecular weight is 421 g/mol. The number of hydrogen-bond acceptors (Lipinski definition) is 6. The van der Waals surface area contributed by atoms with Crippen LogP contribution >= 0.6 is 0 Å². The van der Waals surface area contributed by atoms with Gasteiger partial charge in [-0.15, -0.1) is 0 Å². The van der Waals surface area contributed by atoms with Gasteiger partial charge in [0.15, 0.2) is 0 Å². The minimum absolute atomic E-state index is 0.0631. The third-order valence-corrected chi connectivity index (χ3v) is 5.43. The first-order valence-electron chi connectivity index (χ1n) is 8.82. The molecule has 0 heterocycles. The lowest BCUT2D eigenvalue weighted by molar-refractivity contribution is -0.384. The second-order valence-corrected chi connectivity index (χ2v) is 8.19. The Labute approximate surface area is 169 Å². The van der Waals surface area contributed by atoms with Crippen LogP contribution < -0.4 is 14.4 Å². The van der Waals surface area contributed by atoms with Crippen LogP contribution in [0.2, 0.25) is 0 Å². The fourth-order valence-corrected chi connectivity index (χ4v) is 4.06. The maximum absolute atomic E-state index is 12.8. The predicted molar refractivity (Wildman–Crippen MR) is 109 cm³/mol. The number of nitrogens with zero attached hydrogens (tertiary/aromatic N) is 2. The lowest BCUT2D eigenvalue weighted by atomic mass is 10.1. The molecule has 0 spiro atoms. The number of anilines is 1. The first-order valence-corrected chi connectivity index (χ1v) is 10.7. The molecule has 0 bridgehead atoms. The smallest absolute Gasteiger partial charge is 0.271 e. The molecule has 0 saturated heterocycles. The van der Waals surface area contributed by atoms with Crippen LogP contribution in [0.5, 0.6) is 5.75 Å². The van der Waals surface area contributed by atoms with E-state index in [4.69, 9.17) is 4.74 Å². The van der Waals surface area contributed by atoms with Crippen LogP contribution in [0.15, 0.2) is 48.5 Å². The Bertz CT molecular complexity index is 976. The molecule has 2 rings (SSSR count). The van der Waals surface area contributed by atoms with Gasteiger partial charge in [-0.1, -0.05) is 25.1 Å². The number of ether oxygens (including phenoxy) is 1. The first-order chi connectivity index (χ1) is 13.7. The van der Waals surface area contributed by atoms with E-state index in [2.05, 4.69) is 5.32 Å². The molecule has 1 atom stereocenters.